The number of nitrogens with zero attached hydrogens (tertiary/aromatic N) is 2. The zero-order chi connectivity index (χ0) is 12.3. The molecular formula is C12H15N3O2. The van der Waals surface area contributed by atoms with Gasteiger partial charge in [0.2, 0.25) is 11.8 Å². The van der Waals surface area contributed by atoms with Crippen molar-refractivity contribution in [2.45, 2.75) is 13.5 Å². The van der Waals surface area contributed by atoms with Gasteiger partial charge in [-0.2, -0.15) is 0 Å². The van der Waals surface area contributed by atoms with Crippen LogP contribution < -0.4 is 5.32 Å². The molecule has 2 rings (SSSR count). The maximum atomic E-state index is 11.7. The molecule has 0 saturated carbocycles. The first-order valence-corrected chi connectivity index (χ1v) is 5.60. The highest BCUT2D eigenvalue weighted by molar-refractivity contribution is 5.83. The molecule has 1 aromatic rings. The van der Waals surface area contributed by atoms with Gasteiger partial charge in [-0.15, -0.1) is 0 Å². The van der Waals surface area contributed by atoms with Crippen LogP contribution in [0.1, 0.15) is 12.6 Å². The summed E-state index contributed by atoms with van der Waals surface area (Å²) in [7, 11) is 0. The molecule has 0 atom stereocenters. The molecule has 1 aliphatic heterocycles. The Morgan fingerprint density at radius 2 is 2.24 bits per heavy atom. The number of likely N-dealkylation sites (tertiary alicyclic amines) is 1. The predicted molar refractivity (Wildman–Crippen MR) is 61.8 cm³/mol. The number of aromatic nitrogens is 1. The second-order valence-electron chi connectivity index (χ2n) is 4.16. The first-order chi connectivity index (χ1) is 8.16. The van der Waals surface area contributed by atoms with E-state index in [1.54, 1.807) is 11.1 Å². The molecule has 1 aromatic heterocycles. The third kappa shape index (κ3) is 2.81. The van der Waals surface area contributed by atoms with E-state index in [4.69, 9.17) is 0 Å². The first-order valence-electron chi connectivity index (χ1n) is 5.60. The summed E-state index contributed by atoms with van der Waals surface area (Å²) in [6.07, 6.45) is 1.70. The van der Waals surface area contributed by atoms with Gasteiger partial charge in [0.1, 0.15) is 0 Å². The minimum Gasteiger partial charge on any atom is -0.350 e. The fraction of sp³-hybridized carbons (Fsp3) is 0.417. The van der Waals surface area contributed by atoms with Crippen LogP contribution in [0.25, 0.3) is 0 Å². The van der Waals surface area contributed by atoms with Crippen molar-refractivity contribution in [2.24, 2.45) is 5.92 Å². The number of carbonyl (C=O) groups is 2. The van der Waals surface area contributed by atoms with E-state index in [-0.39, 0.29) is 17.7 Å². The summed E-state index contributed by atoms with van der Waals surface area (Å²) in [5.74, 6) is -0.0467. The molecule has 0 aromatic carbocycles. The zero-order valence-corrected chi connectivity index (χ0v) is 9.72. The van der Waals surface area contributed by atoms with Crippen molar-refractivity contribution in [3.63, 3.8) is 0 Å². The van der Waals surface area contributed by atoms with Crippen molar-refractivity contribution in [3.05, 3.63) is 30.1 Å². The topological polar surface area (TPSA) is 62.3 Å². The second kappa shape index (κ2) is 4.95. The first kappa shape index (κ1) is 11.6. The number of pyridine rings is 1. The highest BCUT2D eigenvalue weighted by atomic mass is 16.2. The second-order valence-corrected chi connectivity index (χ2v) is 4.16. The van der Waals surface area contributed by atoms with E-state index >= 15 is 0 Å². The van der Waals surface area contributed by atoms with Crippen LogP contribution in [-0.2, 0) is 16.1 Å². The van der Waals surface area contributed by atoms with Crippen molar-refractivity contribution in [3.8, 4) is 0 Å². The molecule has 1 saturated heterocycles. The Bertz CT molecular complexity index is 413. The van der Waals surface area contributed by atoms with E-state index in [1.807, 2.05) is 18.2 Å². The Labute approximate surface area is 99.8 Å². The van der Waals surface area contributed by atoms with Crippen molar-refractivity contribution >= 4 is 11.8 Å². The highest BCUT2D eigenvalue weighted by Crippen LogP contribution is 2.15. The van der Waals surface area contributed by atoms with Gasteiger partial charge in [0.15, 0.2) is 0 Å². The molecule has 2 amide bonds. The number of carbonyl (C=O) groups excluding carboxylic acids is 2. The van der Waals surface area contributed by atoms with Gasteiger partial charge in [-0.1, -0.05) is 6.07 Å². The van der Waals surface area contributed by atoms with E-state index in [1.165, 1.54) is 6.92 Å². The number of rotatable bonds is 3. The molecule has 0 unspecified atom stereocenters. The van der Waals surface area contributed by atoms with Gasteiger partial charge in [-0.3, -0.25) is 14.6 Å². The molecule has 0 bridgehead atoms. The van der Waals surface area contributed by atoms with Gasteiger partial charge < -0.3 is 10.2 Å². The fourth-order valence-electron chi connectivity index (χ4n) is 1.73. The van der Waals surface area contributed by atoms with Gasteiger partial charge in [0.05, 0.1) is 18.2 Å². The van der Waals surface area contributed by atoms with Crippen LogP contribution in [-0.4, -0.2) is 34.8 Å². The van der Waals surface area contributed by atoms with E-state index < -0.39 is 0 Å². The molecular weight excluding hydrogens is 218 g/mol. The van der Waals surface area contributed by atoms with E-state index in [0.717, 1.165) is 5.69 Å². The molecule has 90 valence electrons. The lowest BCUT2D eigenvalue weighted by molar-refractivity contribution is -0.141. The minimum atomic E-state index is -0.0670. The largest absolute Gasteiger partial charge is 0.350 e. The van der Waals surface area contributed by atoms with Gasteiger partial charge in [0, 0.05) is 26.2 Å². The molecule has 5 nitrogen and oxygen atoms in total. The molecule has 0 aliphatic carbocycles. The molecule has 0 spiro atoms. The normalized spacial score (nSPS) is 15.2. The fourth-order valence-corrected chi connectivity index (χ4v) is 1.73. The third-order valence-electron chi connectivity index (χ3n) is 2.87. The van der Waals surface area contributed by atoms with Crippen LogP contribution in [0.4, 0.5) is 0 Å². The summed E-state index contributed by atoms with van der Waals surface area (Å²) < 4.78 is 0. The number of nitrogens with one attached hydrogen (secondary N) is 1. The molecule has 0 radical (unpaired) electrons. The quantitative estimate of drug-likeness (QED) is 0.810. The predicted octanol–water partition coefficient (Wildman–Crippen LogP) is 0.176. The monoisotopic (exact) mass is 233 g/mol. The lowest BCUT2D eigenvalue weighted by Gasteiger charge is -2.37. The van der Waals surface area contributed by atoms with Crippen molar-refractivity contribution in [1.82, 2.24) is 15.2 Å². The smallest absolute Gasteiger partial charge is 0.227 e. The average Bonchev–Trinajstić information content (AvgIpc) is 2.25. The van der Waals surface area contributed by atoms with Gasteiger partial charge in [-0.25, -0.2) is 0 Å². The van der Waals surface area contributed by atoms with Crippen LogP contribution >= 0.6 is 0 Å². The Kier molecular flexibility index (Phi) is 3.37. The summed E-state index contributed by atoms with van der Waals surface area (Å²) in [5, 5.41) is 2.82. The van der Waals surface area contributed by atoms with Crippen molar-refractivity contribution < 1.29 is 9.59 Å². The lowest BCUT2D eigenvalue weighted by Crippen LogP contribution is -2.55. The SMILES string of the molecule is CC(=O)N1CC(C(=O)NCc2ccccn2)C1. The number of amides is 2. The van der Waals surface area contributed by atoms with Crippen LogP contribution in [0.3, 0.4) is 0 Å². The summed E-state index contributed by atoms with van der Waals surface area (Å²) in [4.78, 5) is 28.4. The summed E-state index contributed by atoms with van der Waals surface area (Å²) in [6.45, 7) is 3.02. The van der Waals surface area contributed by atoms with E-state index in [2.05, 4.69) is 10.3 Å². The Morgan fingerprint density at radius 3 is 2.82 bits per heavy atom. The highest BCUT2D eigenvalue weighted by Gasteiger charge is 2.33. The number of hydrogen-bond acceptors (Lipinski definition) is 3. The Balaban J connectivity index is 1.74. The molecule has 5 heteroatoms. The van der Waals surface area contributed by atoms with Crippen molar-refractivity contribution in [1.29, 1.82) is 0 Å². The third-order valence-corrected chi connectivity index (χ3v) is 2.87. The van der Waals surface area contributed by atoms with E-state index in [0.29, 0.717) is 19.6 Å². The molecule has 2 heterocycles. The minimum absolute atomic E-state index is 0.00634. The standard InChI is InChI=1S/C12H15N3O2/c1-9(16)15-7-10(8-15)12(17)14-6-11-4-2-3-5-13-11/h2-5,10H,6-8H2,1H3,(H,14,17). The van der Waals surface area contributed by atoms with Crippen LogP contribution in [0.15, 0.2) is 24.4 Å². The van der Waals surface area contributed by atoms with Crippen LogP contribution in [0.2, 0.25) is 0 Å². The molecule has 1 fully saturated rings. The molecule has 1 N–H and O–H groups in total. The van der Waals surface area contributed by atoms with Gasteiger partial charge in [0.25, 0.3) is 0 Å². The van der Waals surface area contributed by atoms with Gasteiger partial charge in [-0.05, 0) is 12.1 Å². The maximum absolute atomic E-state index is 11.7. The number of hydrogen-bond donors (Lipinski definition) is 1. The maximum Gasteiger partial charge on any atom is 0.227 e. The van der Waals surface area contributed by atoms with E-state index in [9.17, 15) is 9.59 Å². The average molecular weight is 233 g/mol. The zero-order valence-electron chi connectivity index (χ0n) is 9.72. The summed E-state index contributed by atoms with van der Waals surface area (Å²) in [5.41, 5.74) is 0.837. The molecule has 1 aliphatic rings. The van der Waals surface area contributed by atoms with Crippen LogP contribution in [0.5, 0.6) is 0 Å². The summed E-state index contributed by atoms with van der Waals surface area (Å²) in [6, 6.07) is 5.58. The molecule has 17 heavy (non-hydrogen) atoms. The van der Waals surface area contributed by atoms with Crippen LogP contribution in [0, 0.1) is 5.92 Å². The summed E-state index contributed by atoms with van der Waals surface area (Å²) >= 11 is 0. The Hall–Kier alpha value is -1.91. The Morgan fingerprint density at radius 1 is 1.47 bits per heavy atom. The lowest BCUT2D eigenvalue weighted by atomic mass is 9.99. The van der Waals surface area contributed by atoms with Crippen molar-refractivity contribution in [2.75, 3.05) is 13.1 Å². The van der Waals surface area contributed by atoms with Gasteiger partial charge >= 0.3 is 0 Å².